The van der Waals surface area contributed by atoms with Gasteiger partial charge >= 0.3 is 5.69 Å². The van der Waals surface area contributed by atoms with Crippen molar-refractivity contribution in [2.45, 2.75) is 20.3 Å². The molecule has 0 unspecified atom stereocenters. The van der Waals surface area contributed by atoms with Gasteiger partial charge in [0.05, 0.1) is 22.1 Å². The van der Waals surface area contributed by atoms with Crippen LogP contribution in [-0.4, -0.2) is 20.0 Å². The van der Waals surface area contributed by atoms with Gasteiger partial charge in [0.1, 0.15) is 5.65 Å². The van der Waals surface area contributed by atoms with Gasteiger partial charge in [0.15, 0.2) is 0 Å². The van der Waals surface area contributed by atoms with Crippen molar-refractivity contribution in [3.05, 3.63) is 54.5 Å². The third-order valence-electron chi connectivity index (χ3n) is 4.18. The number of nitrogens with one attached hydrogen (secondary N) is 1. The fraction of sp³-hybridized carbons (Fsp3) is 0.294. The molecular weight excluding hydrogens is 340 g/mol. The van der Waals surface area contributed by atoms with Crippen LogP contribution in [0.25, 0.3) is 11.0 Å². The summed E-state index contributed by atoms with van der Waals surface area (Å²) in [5, 5.41) is 3.05. The summed E-state index contributed by atoms with van der Waals surface area (Å²) in [5.41, 5.74) is 0.962. The van der Waals surface area contributed by atoms with Gasteiger partial charge in [-0.2, -0.15) is 0 Å². The minimum Gasteiger partial charge on any atom is -0.320 e. The molecule has 25 heavy (non-hydrogen) atoms. The first-order chi connectivity index (χ1) is 11.8. The maximum atomic E-state index is 12.4. The van der Waals surface area contributed by atoms with Gasteiger partial charge in [-0.05, 0) is 31.0 Å². The zero-order valence-corrected chi connectivity index (χ0v) is 15.2. The van der Waals surface area contributed by atoms with Gasteiger partial charge in [-0.25, -0.2) is 9.78 Å². The van der Waals surface area contributed by atoms with Crippen LogP contribution in [-0.2, 0) is 20.5 Å². The summed E-state index contributed by atoms with van der Waals surface area (Å²) in [7, 11) is 2.96. The second-order valence-electron chi connectivity index (χ2n) is 5.80. The highest BCUT2D eigenvalue weighted by molar-refractivity contribution is 7.14. The Morgan fingerprint density at radius 3 is 2.60 bits per heavy atom. The molecule has 1 amide bonds. The van der Waals surface area contributed by atoms with E-state index in [0.29, 0.717) is 10.6 Å². The number of carbonyl (C=O) groups excluding carboxylic acids is 1. The average Bonchev–Trinajstić information content (AvgIpc) is 2.99. The molecule has 130 valence electrons. The van der Waals surface area contributed by atoms with Crippen LogP contribution in [0.15, 0.2) is 27.9 Å². The van der Waals surface area contributed by atoms with Gasteiger partial charge in [0, 0.05) is 19.0 Å². The van der Waals surface area contributed by atoms with Crippen LogP contribution < -0.4 is 16.6 Å². The lowest BCUT2D eigenvalue weighted by atomic mass is 10.2. The number of anilines is 1. The standard InChI is InChI=1S/C17H18N4O3S/c1-5-10-6-13(25-9(10)2)15(22)19-11-7-12-14(18-8-11)20(3)17(24)21(4)16(12)23/h6-8H,5H2,1-4H3,(H,19,22). The highest BCUT2D eigenvalue weighted by Gasteiger charge is 2.14. The Balaban J connectivity index is 2.01. The maximum absolute atomic E-state index is 12.4. The number of nitrogens with zero attached hydrogens (tertiary/aromatic N) is 3. The summed E-state index contributed by atoms with van der Waals surface area (Å²) in [6.45, 7) is 4.03. The summed E-state index contributed by atoms with van der Waals surface area (Å²) in [6.07, 6.45) is 2.32. The van der Waals surface area contributed by atoms with E-state index >= 15 is 0 Å². The Hall–Kier alpha value is -2.74. The van der Waals surface area contributed by atoms with Crippen molar-refractivity contribution in [1.29, 1.82) is 0 Å². The van der Waals surface area contributed by atoms with Crippen molar-refractivity contribution in [2.24, 2.45) is 14.1 Å². The number of carbonyl (C=O) groups is 1. The van der Waals surface area contributed by atoms with Crippen molar-refractivity contribution >= 4 is 34.0 Å². The number of thiophene rings is 1. The van der Waals surface area contributed by atoms with E-state index in [2.05, 4.69) is 10.3 Å². The number of aromatic nitrogens is 3. The van der Waals surface area contributed by atoms with Crippen LogP contribution in [0.3, 0.4) is 0 Å². The minimum atomic E-state index is -0.443. The van der Waals surface area contributed by atoms with Crippen LogP contribution in [0.4, 0.5) is 5.69 Å². The van der Waals surface area contributed by atoms with Crippen LogP contribution >= 0.6 is 11.3 Å². The second kappa shape index (κ2) is 6.29. The van der Waals surface area contributed by atoms with Crippen molar-refractivity contribution in [2.75, 3.05) is 5.32 Å². The highest BCUT2D eigenvalue weighted by atomic mass is 32.1. The van der Waals surface area contributed by atoms with Crippen molar-refractivity contribution in [3.63, 3.8) is 0 Å². The minimum absolute atomic E-state index is 0.240. The molecule has 0 aliphatic carbocycles. The van der Waals surface area contributed by atoms with Crippen LogP contribution in [0.5, 0.6) is 0 Å². The smallest absolute Gasteiger partial charge is 0.320 e. The summed E-state index contributed by atoms with van der Waals surface area (Å²) < 4.78 is 2.32. The van der Waals surface area contributed by atoms with Gasteiger partial charge in [0.2, 0.25) is 0 Å². The molecule has 0 atom stereocenters. The Morgan fingerprint density at radius 2 is 1.96 bits per heavy atom. The number of hydrogen-bond donors (Lipinski definition) is 1. The third-order valence-corrected chi connectivity index (χ3v) is 5.27. The van der Waals surface area contributed by atoms with Crippen molar-refractivity contribution in [3.8, 4) is 0 Å². The van der Waals surface area contributed by atoms with Crippen LogP contribution in [0.1, 0.15) is 27.0 Å². The molecule has 0 fully saturated rings. The van der Waals surface area contributed by atoms with E-state index in [-0.39, 0.29) is 16.9 Å². The normalized spacial score (nSPS) is 11.0. The van der Waals surface area contributed by atoms with Crippen LogP contribution in [0.2, 0.25) is 0 Å². The van der Waals surface area contributed by atoms with E-state index in [9.17, 15) is 14.4 Å². The van der Waals surface area contributed by atoms with E-state index in [1.54, 1.807) is 13.1 Å². The summed E-state index contributed by atoms with van der Waals surface area (Å²) >= 11 is 1.44. The van der Waals surface area contributed by atoms with E-state index in [1.165, 1.54) is 29.1 Å². The largest absolute Gasteiger partial charge is 0.332 e. The molecule has 3 aromatic heterocycles. The number of amides is 1. The number of hydrogen-bond acceptors (Lipinski definition) is 5. The number of fused-ring (bicyclic) bond motifs is 1. The molecule has 0 radical (unpaired) electrons. The van der Waals surface area contributed by atoms with E-state index < -0.39 is 11.2 Å². The van der Waals surface area contributed by atoms with E-state index in [4.69, 9.17) is 0 Å². The van der Waals surface area contributed by atoms with Gasteiger partial charge in [0.25, 0.3) is 11.5 Å². The molecule has 8 heteroatoms. The second-order valence-corrected chi connectivity index (χ2v) is 7.06. The number of pyridine rings is 1. The predicted molar refractivity (Wildman–Crippen MR) is 98.6 cm³/mol. The molecule has 1 N–H and O–H groups in total. The quantitative estimate of drug-likeness (QED) is 0.774. The SMILES string of the molecule is CCc1cc(C(=O)Nc2cnc3c(c2)c(=O)n(C)c(=O)n3C)sc1C. The Kier molecular flexibility index (Phi) is 4.30. The molecule has 7 nitrogen and oxygen atoms in total. The lowest BCUT2D eigenvalue weighted by Crippen LogP contribution is -2.37. The van der Waals surface area contributed by atoms with Gasteiger partial charge in [-0.3, -0.25) is 18.7 Å². The number of aryl methyl sites for hydroxylation is 3. The maximum Gasteiger partial charge on any atom is 0.332 e. The molecule has 0 saturated heterocycles. The average molecular weight is 358 g/mol. The first-order valence-corrected chi connectivity index (χ1v) is 8.61. The first-order valence-electron chi connectivity index (χ1n) is 7.80. The summed E-state index contributed by atoms with van der Waals surface area (Å²) in [5.74, 6) is -0.240. The van der Waals surface area contributed by atoms with Gasteiger partial charge in [-0.1, -0.05) is 6.92 Å². The zero-order valence-electron chi connectivity index (χ0n) is 14.4. The fourth-order valence-corrected chi connectivity index (χ4v) is 3.72. The van der Waals surface area contributed by atoms with Crippen LogP contribution in [0, 0.1) is 6.92 Å². The molecule has 0 spiro atoms. The molecule has 3 aromatic rings. The van der Waals surface area contributed by atoms with Crippen molar-refractivity contribution < 1.29 is 4.79 Å². The molecule has 3 heterocycles. The topological polar surface area (TPSA) is 86.0 Å². The summed E-state index contributed by atoms with van der Waals surface area (Å²) in [4.78, 5) is 42.6. The van der Waals surface area contributed by atoms with E-state index in [0.717, 1.165) is 21.4 Å². The van der Waals surface area contributed by atoms with Gasteiger partial charge < -0.3 is 5.32 Å². The molecule has 0 aromatic carbocycles. The highest BCUT2D eigenvalue weighted by Crippen LogP contribution is 2.23. The Bertz CT molecular complexity index is 1110. The van der Waals surface area contributed by atoms with E-state index in [1.807, 2.05) is 19.9 Å². The van der Waals surface area contributed by atoms with Gasteiger partial charge in [-0.15, -0.1) is 11.3 Å². The zero-order chi connectivity index (χ0) is 18.3. The molecule has 3 rings (SSSR count). The molecule has 0 saturated carbocycles. The van der Waals surface area contributed by atoms with Crippen molar-refractivity contribution in [1.82, 2.24) is 14.1 Å². The molecule has 0 aliphatic rings. The fourth-order valence-electron chi connectivity index (χ4n) is 2.71. The monoisotopic (exact) mass is 358 g/mol. The number of rotatable bonds is 3. The first kappa shape index (κ1) is 17.1. The predicted octanol–water partition coefficient (Wildman–Crippen LogP) is 1.82. The lowest BCUT2D eigenvalue weighted by molar-refractivity contribution is 0.103. The molecular formula is C17H18N4O3S. The molecule has 0 bridgehead atoms. The Labute approximate surface area is 147 Å². The summed E-state index contributed by atoms with van der Waals surface area (Å²) in [6, 6.07) is 3.43. The Morgan fingerprint density at radius 1 is 1.24 bits per heavy atom. The lowest BCUT2D eigenvalue weighted by Gasteiger charge is -2.08. The third kappa shape index (κ3) is 2.89. The molecule has 0 aliphatic heterocycles.